The molecule has 8 aliphatic rings. The molecule has 1 heterocycles. The maximum Gasteiger partial charge on any atom is 0.309 e. The van der Waals surface area contributed by atoms with Crippen LogP contribution in [-0.2, 0) is 24.2 Å². The van der Waals surface area contributed by atoms with Gasteiger partial charge in [-0.1, -0.05) is 55.4 Å². The third-order valence-electron chi connectivity index (χ3n) is 20.2. The number of carboxylic acid groups (broad SMARTS) is 1. The molecule has 8 rings (SSSR count). The van der Waals surface area contributed by atoms with Crippen molar-refractivity contribution in [3.63, 3.8) is 0 Å². The highest BCUT2D eigenvalue weighted by molar-refractivity contribution is 7.91. The van der Waals surface area contributed by atoms with Crippen molar-refractivity contribution in [2.75, 3.05) is 31.1 Å². The van der Waals surface area contributed by atoms with E-state index in [1.165, 1.54) is 64.2 Å². The summed E-state index contributed by atoms with van der Waals surface area (Å²) < 4.78 is 30.8. The molecule has 0 radical (unpaired) electrons. The van der Waals surface area contributed by atoms with Crippen LogP contribution in [0.4, 0.5) is 0 Å². The first-order valence-corrected chi connectivity index (χ1v) is 24.0. The summed E-state index contributed by atoms with van der Waals surface area (Å²) in [5, 5.41) is 14.0. The van der Waals surface area contributed by atoms with Crippen LogP contribution >= 0.6 is 0 Å². The van der Waals surface area contributed by atoms with Gasteiger partial charge in [0.2, 0.25) is 0 Å². The van der Waals surface area contributed by atoms with Gasteiger partial charge in [0.15, 0.2) is 9.84 Å². The molecule has 1 saturated heterocycles. The fraction of sp³-hybridized carbons (Fsp3) is 0.956. The first kappa shape index (κ1) is 39.6. The minimum atomic E-state index is -2.89. The number of hydrogen-bond donors (Lipinski definition) is 2. The molecular weight excluding hydrogens is 697 g/mol. The standard InChI is InChI=1S/C45H74N2O6S/c1-28(47-22-24-54(51,52)25-23-47)27-46-45-17-12-29(41(6)18-19-41)36(45)30-10-11-34-42(7)15-14-35(53-38(50)32-26-31(37(48)49)39(32,2)3)40(4,5)33(42)13-16-44(34,9)43(30,8)20-21-45/h28-36,46H,10-27H2,1-9H3,(H,48,49)/t28?,29-,30?,31+,32-,33+,34-,35+,36-,42+,43-,44?,45+/m1/s1. The van der Waals surface area contributed by atoms with E-state index in [1.54, 1.807) is 0 Å². The molecule has 0 aromatic rings. The van der Waals surface area contributed by atoms with E-state index in [4.69, 9.17) is 4.74 Å². The fourth-order valence-corrected chi connectivity index (χ4v) is 17.3. The van der Waals surface area contributed by atoms with Gasteiger partial charge in [-0.25, -0.2) is 8.42 Å². The Morgan fingerprint density at radius 2 is 1.44 bits per heavy atom. The van der Waals surface area contributed by atoms with Crippen LogP contribution in [0.1, 0.15) is 146 Å². The van der Waals surface area contributed by atoms with Crippen LogP contribution in [-0.4, -0.2) is 79.2 Å². The molecule has 8 nitrogen and oxygen atoms in total. The molecule has 0 spiro atoms. The molecule has 1 aliphatic heterocycles. The molecular formula is C45H74N2O6S. The summed E-state index contributed by atoms with van der Waals surface area (Å²) in [6.45, 7) is 23.8. The average Bonchev–Trinajstić information content (AvgIpc) is 3.70. The molecule has 54 heavy (non-hydrogen) atoms. The van der Waals surface area contributed by atoms with E-state index in [-0.39, 0.29) is 45.2 Å². The van der Waals surface area contributed by atoms with Crippen molar-refractivity contribution in [1.82, 2.24) is 10.2 Å². The maximum atomic E-state index is 13.6. The normalized spacial score (nSPS) is 48.8. The van der Waals surface area contributed by atoms with Gasteiger partial charge in [0.1, 0.15) is 6.10 Å². The molecule has 306 valence electrons. The number of rotatable bonds is 8. The number of aliphatic carboxylic acids is 1. The van der Waals surface area contributed by atoms with E-state index < -0.39 is 27.1 Å². The van der Waals surface area contributed by atoms with Crippen LogP contribution in [0.15, 0.2) is 0 Å². The van der Waals surface area contributed by atoms with Crippen molar-refractivity contribution < 1.29 is 27.9 Å². The summed E-state index contributed by atoms with van der Waals surface area (Å²) in [5.74, 6) is 2.11. The molecule has 8 fully saturated rings. The highest BCUT2D eigenvalue weighted by Crippen LogP contribution is 2.78. The predicted octanol–water partition coefficient (Wildman–Crippen LogP) is 7.99. The second-order valence-corrected chi connectivity index (χ2v) is 25.2. The molecule has 0 aromatic carbocycles. The van der Waals surface area contributed by atoms with Crippen molar-refractivity contribution in [2.24, 2.45) is 73.9 Å². The Balaban J connectivity index is 1.01. The van der Waals surface area contributed by atoms with Gasteiger partial charge in [-0.05, 0) is 147 Å². The number of carbonyl (C=O) groups is 2. The lowest BCUT2D eigenvalue weighted by Crippen LogP contribution is -2.69. The number of ether oxygens (including phenoxy) is 1. The number of nitrogens with zero attached hydrogens (tertiary/aromatic N) is 1. The Hall–Kier alpha value is -1.19. The van der Waals surface area contributed by atoms with E-state index in [0.29, 0.717) is 66.1 Å². The van der Waals surface area contributed by atoms with E-state index in [0.717, 1.165) is 25.3 Å². The summed E-state index contributed by atoms with van der Waals surface area (Å²) in [5.41, 5.74) is 0.701. The van der Waals surface area contributed by atoms with Crippen molar-refractivity contribution in [1.29, 1.82) is 0 Å². The summed E-state index contributed by atoms with van der Waals surface area (Å²) in [6, 6.07) is 0.336. The first-order chi connectivity index (χ1) is 25.0. The van der Waals surface area contributed by atoms with Gasteiger partial charge in [0, 0.05) is 36.6 Å². The lowest BCUT2D eigenvalue weighted by molar-refractivity contribution is -0.249. The Morgan fingerprint density at radius 3 is 2.07 bits per heavy atom. The van der Waals surface area contributed by atoms with Crippen LogP contribution in [0.25, 0.3) is 0 Å². The lowest BCUT2D eigenvalue weighted by atomic mass is 9.32. The number of carboxylic acids is 1. The Labute approximate surface area is 327 Å². The van der Waals surface area contributed by atoms with Crippen LogP contribution < -0.4 is 5.32 Å². The fourth-order valence-electron chi connectivity index (χ4n) is 16.0. The van der Waals surface area contributed by atoms with Gasteiger partial charge >= 0.3 is 11.9 Å². The summed E-state index contributed by atoms with van der Waals surface area (Å²) in [7, 11) is -2.89. The third-order valence-corrected chi connectivity index (χ3v) is 21.8. The monoisotopic (exact) mass is 771 g/mol. The zero-order valence-electron chi connectivity index (χ0n) is 35.3. The Bertz CT molecular complexity index is 1630. The average molecular weight is 771 g/mol. The minimum Gasteiger partial charge on any atom is -0.481 e. The van der Waals surface area contributed by atoms with Gasteiger partial charge < -0.3 is 15.2 Å². The smallest absolute Gasteiger partial charge is 0.309 e. The summed E-state index contributed by atoms with van der Waals surface area (Å²) >= 11 is 0. The maximum absolute atomic E-state index is 13.6. The van der Waals surface area contributed by atoms with Crippen molar-refractivity contribution in [2.45, 2.75) is 163 Å². The quantitative estimate of drug-likeness (QED) is 0.239. The third kappa shape index (κ3) is 5.69. The molecule has 0 bridgehead atoms. The minimum absolute atomic E-state index is 0.129. The van der Waals surface area contributed by atoms with Gasteiger partial charge in [-0.2, -0.15) is 0 Å². The number of carbonyl (C=O) groups excluding carboxylic acids is 1. The topological polar surface area (TPSA) is 113 Å². The Morgan fingerprint density at radius 1 is 0.759 bits per heavy atom. The van der Waals surface area contributed by atoms with E-state index >= 15 is 0 Å². The summed E-state index contributed by atoms with van der Waals surface area (Å²) in [6.07, 6.45) is 15.2. The number of hydrogen-bond acceptors (Lipinski definition) is 7. The molecule has 7 aliphatic carbocycles. The van der Waals surface area contributed by atoms with Crippen molar-refractivity contribution in [3.05, 3.63) is 0 Å². The molecule has 9 heteroatoms. The number of sulfone groups is 1. The second kappa shape index (κ2) is 12.7. The summed E-state index contributed by atoms with van der Waals surface area (Å²) in [4.78, 5) is 27.8. The number of esters is 1. The molecule has 0 amide bonds. The zero-order chi connectivity index (χ0) is 39.1. The largest absolute Gasteiger partial charge is 0.481 e. The molecule has 3 unspecified atom stereocenters. The van der Waals surface area contributed by atoms with E-state index in [1.807, 2.05) is 13.8 Å². The van der Waals surface area contributed by atoms with Crippen molar-refractivity contribution >= 4 is 21.8 Å². The number of nitrogens with one attached hydrogen (secondary N) is 1. The number of fused-ring (bicyclic) bond motifs is 7. The van der Waals surface area contributed by atoms with Crippen LogP contribution in [0.5, 0.6) is 0 Å². The van der Waals surface area contributed by atoms with E-state index in [2.05, 4.69) is 58.7 Å². The lowest BCUT2D eigenvalue weighted by Gasteiger charge is -2.73. The molecule has 7 saturated carbocycles. The highest BCUT2D eigenvalue weighted by Gasteiger charge is 2.72. The Kier molecular flexibility index (Phi) is 9.29. The van der Waals surface area contributed by atoms with E-state index in [9.17, 15) is 23.1 Å². The SMILES string of the molecule is CC(CN[C@]12CC[C@@H](C3(C)CC3)[C@@H]1C1CC[C@H]3C(C)(CC[C@H]4C(C)(C)[C@@H](OC(=O)[C@H]5C[C@@H](C(=O)O)C5(C)C)CC[C@@]43C)[C@]1(C)CC2)N1CCS(=O)(=O)CC1. The predicted molar refractivity (Wildman–Crippen MR) is 212 cm³/mol. The zero-order valence-corrected chi connectivity index (χ0v) is 36.1. The van der Waals surface area contributed by atoms with Gasteiger partial charge in [0.25, 0.3) is 0 Å². The van der Waals surface area contributed by atoms with Gasteiger partial charge in [-0.3, -0.25) is 14.5 Å². The van der Waals surface area contributed by atoms with Crippen molar-refractivity contribution in [3.8, 4) is 0 Å². The van der Waals surface area contributed by atoms with Crippen LogP contribution in [0.3, 0.4) is 0 Å². The second-order valence-electron chi connectivity index (χ2n) is 22.9. The van der Waals surface area contributed by atoms with Crippen LogP contribution in [0.2, 0.25) is 0 Å². The molecule has 2 N–H and O–H groups in total. The highest BCUT2D eigenvalue weighted by atomic mass is 32.2. The molecule has 0 aromatic heterocycles. The molecule has 13 atom stereocenters. The van der Waals surface area contributed by atoms with Gasteiger partial charge in [0.05, 0.1) is 23.3 Å². The van der Waals surface area contributed by atoms with Crippen LogP contribution in [0, 0.1) is 73.9 Å². The van der Waals surface area contributed by atoms with Gasteiger partial charge in [-0.15, -0.1) is 0 Å². The first-order valence-electron chi connectivity index (χ1n) is 22.2.